The summed E-state index contributed by atoms with van der Waals surface area (Å²) in [7, 11) is 0. The number of amides is 4. The third-order valence-electron chi connectivity index (χ3n) is 4.29. The second-order valence-corrected chi connectivity index (χ2v) is 6.13. The van der Waals surface area contributed by atoms with Crippen LogP contribution in [0.15, 0.2) is 0 Å². The summed E-state index contributed by atoms with van der Waals surface area (Å²) >= 11 is 0. The topological polar surface area (TPSA) is 111 Å². The number of hydrogen-bond acceptors (Lipinski definition) is 7. The molecule has 0 saturated carbocycles. The van der Waals surface area contributed by atoms with E-state index < -0.39 is 0 Å². The minimum atomic E-state index is -0.0756. The van der Waals surface area contributed by atoms with Crippen LogP contribution in [-0.2, 0) is 19.2 Å². The minimum absolute atomic E-state index is 0.0756. The third kappa shape index (κ3) is 6.18. The molecule has 3 N–H and O–H groups in total. The third-order valence-corrected chi connectivity index (χ3v) is 4.29. The van der Waals surface area contributed by atoms with Crippen LogP contribution in [0.1, 0.15) is 25.7 Å². The highest BCUT2D eigenvalue weighted by Gasteiger charge is 2.28. The van der Waals surface area contributed by atoms with E-state index in [1.54, 1.807) is 0 Å². The first-order valence-corrected chi connectivity index (χ1v) is 8.88. The van der Waals surface area contributed by atoms with Gasteiger partial charge >= 0.3 is 0 Å². The summed E-state index contributed by atoms with van der Waals surface area (Å²) in [4.78, 5) is 48.3. The molecule has 2 fully saturated rings. The molecule has 0 aromatic heterocycles. The van der Waals surface area contributed by atoms with E-state index in [4.69, 9.17) is 0 Å². The molecule has 2 saturated heterocycles. The van der Waals surface area contributed by atoms with E-state index >= 15 is 0 Å². The van der Waals surface area contributed by atoms with Gasteiger partial charge in [0.25, 0.3) is 0 Å². The monoisotopic (exact) mass is 353 g/mol. The van der Waals surface area contributed by atoms with Crippen molar-refractivity contribution in [3.8, 4) is 0 Å². The van der Waals surface area contributed by atoms with Crippen LogP contribution in [0.25, 0.3) is 0 Å². The van der Waals surface area contributed by atoms with Crippen molar-refractivity contribution in [2.24, 2.45) is 0 Å². The van der Waals surface area contributed by atoms with Gasteiger partial charge in [0.05, 0.1) is 0 Å². The normalized spacial score (nSPS) is 18.1. The van der Waals surface area contributed by atoms with E-state index in [-0.39, 0.29) is 23.6 Å². The highest BCUT2D eigenvalue weighted by Crippen LogP contribution is 2.10. The molecule has 9 heteroatoms. The van der Waals surface area contributed by atoms with Crippen LogP contribution in [0.2, 0.25) is 0 Å². The summed E-state index contributed by atoms with van der Waals surface area (Å²) in [5, 5.41) is 9.64. The van der Waals surface area contributed by atoms with E-state index in [0.29, 0.717) is 51.9 Å². The number of likely N-dealkylation sites (tertiary alicyclic amines) is 2. The molecule has 9 nitrogen and oxygen atoms in total. The van der Waals surface area contributed by atoms with Gasteiger partial charge in [0, 0.05) is 78.0 Å². The molecular formula is C16H27N5O4. The zero-order chi connectivity index (χ0) is 18.1. The maximum atomic E-state index is 11.4. The maximum absolute atomic E-state index is 11.4. The van der Waals surface area contributed by atoms with Crippen molar-refractivity contribution >= 4 is 23.6 Å². The van der Waals surface area contributed by atoms with Crippen molar-refractivity contribution < 1.29 is 19.2 Å². The molecule has 0 spiro atoms. The van der Waals surface area contributed by atoms with E-state index in [1.165, 1.54) is 9.80 Å². The Hall–Kier alpha value is -1.84. The van der Waals surface area contributed by atoms with Crippen molar-refractivity contribution in [3.63, 3.8) is 0 Å². The average Bonchev–Trinajstić information content (AvgIpc) is 3.08. The Bertz CT molecular complexity index is 435. The first-order valence-electron chi connectivity index (χ1n) is 8.88. The Morgan fingerprint density at radius 2 is 0.800 bits per heavy atom. The number of imide groups is 2. The lowest BCUT2D eigenvalue weighted by Gasteiger charge is -2.15. The minimum Gasteiger partial charge on any atom is -0.314 e. The van der Waals surface area contributed by atoms with Crippen LogP contribution in [0, 0.1) is 0 Å². The van der Waals surface area contributed by atoms with Gasteiger partial charge in [0.15, 0.2) is 0 Å². The van der Waals surface area contributed by atoms with Crippen LogP contribution in [0.3, 0.4) is 0 Å². The zero-order valence-corrected chi connectivity index (χ0v) is 14.5. The number of carbonyl (C=O) groups is 4. The molecule has 4 amide bonds. The van der Waals surface area contributed by atoms with Crippen molar-refractivity contribution in [1.29, 1.82) is 0 Å². The lowest BCUT2D eigenvalue weighted by atomic mass is 10.4. The van der Waals surface area contributed by atoms with Gasteiger partial charge in [-0.1, -0.05) is 0 Å². The fourth-order valence-corrected chi connectivity index (χ4v) is 2.85. The number of nitrogens with zero attached hydrogens (tertiary/aromatic N) is 2. The van der Waals surface area contributed by atoms with Crippen molar-refractivity contribution in [2.75, 3.05) is 52.4 Å². The molecule has 0 radical (unpaired) electrons. The molecule has 0 bridgehead atoms. The molecule has 0 aromatic rings. The van der Waals surface area contributed by atoms with E-state index in [0.717, 1.165) is 26.2 Å². The lowest BCUT2D eigenvalue weighted by Crippen LogP contribution is -2.39. The van der Waals surface area contributed by atoms with Gasteiger partial charge in [0.2, 0.25) is 23.6 Å². The molecule has 2 aliphatic rings. The number of nitrogens with one attached hydrogen (secondary N) is 3. The van der Waals surface area contributed by atoms with Gasteiger partial charge in [-0.05, 0) is 0 Å². The summed E-state index contributed by atoms with van der Waals surface area (Å²) in [6, 6.07) is 0. The first-order chi connectivity index (χ1) is 12.1. The Balaban J connectivity index is 1.36. The predicted molar refractivity (Wildman–Crippen MR) is 90.5 cm³/mol. The molecule has 0 unspecified atom stereocenters. The molecule has 25 heavy (non-hydrogen) atoms. The molecule has 2 rings (SSSR count). The van der Waals surface area contributed by atoms with Crippen LogP contribution in [0.4, 0.5) is 0 Å². The summed E-state index contributed by atoms with van der Waals surface area (Å²) in [5.41, 5.74) is 0. The largest absolute Gasteiger partial charge is 0.314 e. The maximum Gasteiger partial charge on any atom is 0.229 e. The number of rotatable bonds is 12. The fourth-order valence-electron chi connectivity index (χ4n) is 2.85. The Kier molecular flexibility index (Phi) is 7.96. The lowest BCUT2D eigenvalue weighted by molar-refractivity contribution is -0.139. The van der Waals surface area contributed by atoms with Gasteiger partial charge in [0.1, 0.15) is 0 Å². The molecule has 2 heterocycles. The van der Waals surface area contributed by atoms with Crippen LogP contribution < -0.4 is 16.0 Å². The highest BCUT2D eigenvalue weighted by atomic mass is 16.2. The summed E-state index contributed by atoms with van der Waals surface area (Å²) in [6.07, 6.45) is 1.36. The van der Waals surface area contributed by atoms with Crippen LogP contribution in [-0.4, -0.2) is 85.8 Å². The Labute approximate surface area is 147 Å². The Morgan fingerprint density at radius 3 is 1.12 bits per heavy atom. The first kappa shape index (κ1) is 19.5. The van der Waals surface area contributed by atoms with Gasteiger partial charge in [-0.2, -0.15) is 0 Å². The SMILES string of the molecule is O=C1CCC(=O)N1CCNCCNCCNCCN1C(=O)CCC1=O. The Morgan fingerprint density at radius 1 is 0.520 bits per heavy atom. The number of hydrogen-bond donors (Lipinski definition) is 3. The second kappa shape index (κ2) is 10.2. The predicted octanol–water partition coefficient (Wildman–Crippen LogP) is -1.95. The van der Waals surface area contributed by atoms with E-state index in [1.807, 2.05) is 0 Å². The van der Waals surface area contributed by atoms with Gasteiger partial charge < -0.3 is 16.0 Å². The van der Waals surface area contributed by atoms with Crippen LogP contribution in [0.5, 0.6) is 0 Å². The molecule has 0 aliphatic carbocycles. The molecule has 2 aliphatic heterocycles. The smallest absolute Gasteiger partial charge is 0.229 e. The van der Waals surface area contributed by atoms with Crippen molar-refractivity contribution in [3.05, 3.63) is 0 Å². The molecule has 0 atom stereocenters. The number of carbonyl (C=O) groups excluding carboxylic acids is 4. The quantitative estimate of drug-likeness (QED) is 0.276. The summed E-state index contributed by atoms with van der Waals surface area (Å²) in [6.45, 7) is 5.17. The van der Waals surface area contributed by atoms with E-state index in [9.17, 15) is 19.2 Å². The van der Waals surface area contributed by atoms with Crippen molar-refractivity contribution in [1.82, 2.24) is 25.8 Å². The summed E-state index contributed by atoms with van der Waals surface area (Å²) < 4.78 is 0. The fraction of sp³-hybridized carbons (Fsp3) is 0.750. The average molecular weight is 353 g/mol. The van der Waals surface area contributed by atoms with Crippen LogP contribution >= 0.6 is 0 Å². The molecular weight excluding hydrogens is 326 g/mol. The van der Waals surface area contributed by atoms with Crippen molar-refractivity contribution in [2.45, 2.75) is 25.7 Å². The van der Waals surface area contributed by atoms with Gasteiger partial charge in [-0.15, -0.1) is 0 Å². The molecule has 140 valence electrons. The molecule has 0 aromatic carbocycles. The standard InChI is InChI=1S/C16H27N5O4/c22-13-1-2-14(23)20(13)11-9-18-7-5-17-6-8-19-10-12-21-15(24)3-4-16(21)25/h17-19H,1-12H2. The van der Waals surface area contributed by atoms with Gasteiger partial charge in [-0.3, -0.25) is 29.0 Å². The zero-order valence-electron chi connectivity index (χ0n) is 14.5. The second-order valence-electron chi connectivity index (χ2n) is 6.13. The highest BCUT2D eigenvalue weighted by molar-refractivity contribution is 6.02. The van der Waals surface area contributed by atoms with E-state index in [2.05, 4.69) is 16.0 Å². The van der Waals surface area contributed by atoms with Gasteiger partial charge in [-0.25, -0.2) is 0 Å². The summed E-state index contributed by atoms with van der Waals surface area (Å²) in [5.74, 6) is -0.302.